The minimum Gasteiger partial charge on any atom is -0.307 e. The second-order valence-electron chi connectivity index (χ2n) is 3.84. The lowest BCUT2D eigenvalue weighted by molar-refractivity contribution is -0.385. The number of carbonyl (C=O) groups excluding carboxylic acids is 2. The van der Waals surface area contributed by atoms with Gasteiger partial charge in [-0.25, -0.2) is 0 Å². The number of amides is 1. The molecule has 1 aliphatic rings. The van der Waals surface area contributed by atoms with Crippen molar-refractivity contribution in [2.75, 3.05) is 11.9 Å². The lowest BCUT2D eigenvalue weighted by Crippen LogP contribution is -2.26. The van der Waals surface area contributed by atoms with Crippen molar-refractivity contribution in [3.05, 3.63) is 33.4 Å². The maximum Gasteiger partial charge on any atom is 0.418 e. The Morgan fingerprint density at radius 3 is 2.32 bits per heavy atom. The number of anilines is 1. The highest BCUT2D eigenvalue weighted by Crippen LogP contribution is 2.43. The molecule has 1 amide bonds. The first kappa shape index (κ1) is 13.0. The summed E-state index contributed by atoms with van der Waals surface area (Å²) in [6, 6.07) is 0.982. The Bertz CT molecular complexity index is 624. The number of nitro benzene ring substituents is 1. The Balaban J connectivity index is 2.82. The molecule has 0 aromatic heterocycles. The minimum absolute atomic E-state index is 0.307. The number of alkyl halides is 3. The van der Waals surface area contributed by atoms with Gasteiger partial charge in [0.05, 0.1) is 21.7 Å². The summed E-state index contributed by atoms with van der Waals surface area (Å²) in [6.07, 6.45) is -4.91. The number of benzene rings is 1. The van der Waals surface area contributed by atoms with Crippen LogP contribution in [0.2, 0.25) is 0 Å². The average Bonchev–Trinajstić information content (AvgIpc) is 2.52. The van der Waals surface area contributed by atoms with Crippen LogP contribution in [0.15, 0.2) is 12.1 Å². The number of likely N-dealkylation sites (N-methyl/N-ethyl adjacent to an activating group) is 1. The van der Waals surface area contributed by atoms with Crippen LogP contribution in [0.5, 0.6) is 0 Å². The molecule has 0 fully saturated rings. The maximum absolute atomic E-state index is 12.8. The first-order valence-corrected chi connectivity index (χ1v) is 4.86. The summed E-state index contributed by atoms with van der Waals surface area (Å²) in [6.45, 7) is 0. The highest BCUT2D eigenvalue weighted by Gasteiger charge is 2.44. The molecular weight excluding hydrogens is 269 g/mol. The third-order valence-electron chi connectivity index (χ3n) is 2.69. The van der Waals surface area contributed by atoms with Gasteiger partial charge in [0.2, 0.25) is 0 Å². The molecule has 9 heteroatoms. The molecule has 100 valence electrons. The molecule has 2 rings (SSSR count). The normalized spacial score (nSPS) is 14.8. The molecule has 0 atom stereocenters. The van der Waals surface area contributed by atoms with Crippen LogP contribution in [0, 0.1) is 10.1 Å². The second kappa shape index (κ2) is 3.77. The van der Waals surface area contributed by atoms with Crippen molar-refractivity contribution in [3.63, 3.8) is 0 Å². The van der Waals surface area contributed by atoms with Gasteiger partial charge in [-0.15, -0.1) is 0 Å². The minimum atomic E-state index is -4.91. The van der Waals surface area contributed by atoms with Crippen molar-refractivity contribution in [2.45, 2.75) is 6.18 Å². The number of rotatable bonds is 1. The number of Topliss-reactive ketones (excluding diaryl/α,β-unsaturated/α-hetero) is 1. The van der Waals surface area contributed by atoms with E-state index in [0.717, 1.165) is 7.05 Å². The Labute approximate surface area is 103 Å². The van der Waals surface area contributed by atoms with Crippen LogP contribution < -0.4 is 4.90 Å². The lowest BCUT2D eigenvalue weighted by Gasteiger charge is -2.16. The van der Waals surface area contributed by atoms with Crippen LogP contribution in [-0.4, -0.2) is 23.7 Å². The van der Waals surface area contributed by atoms with Gasteiger partial charge in [0.1, 0.15) is 0 Å². The SMILES string of the molecule is CN1C(=O)C(=O)c2cc([N+](=O)[O-])cc(C(F)(F)F)c21. The van der Waals surface area contributed by atoms with Gasteiger partial charge in [0.25, 0.3) is 17.4 Å². The van der Waals surface area contributed by atoms with Crippen molar-refractivity contribution in [1.29, 1.82) is 0 Å². The molecule has 6 nitrogen and oxygen atoms in total. The van der Waals surface area contributed by atoms with E-state index in [4.69, 9.17) is 0 Å². The van der Waals surface area contributed by atoms with Gasteiger partial charge >= 0.3 is 6.18 Å². The number of non-ortho nitro benzene ring substituents is 1. The van der Waals surface area contributed by atoms with E-state index < -0.39 is 45.3 Å². The number of ketones is 1. The molecule has 0 bridgehead atoms. The molecule has 0 N–H and O–H groups in total. The smallest absolute Gasteiger partial charge is 0.307 e. The van der Waals surface area contributed by atoms with Crippen molar-refractivity contribution in [1.82, 2.24) is 0 Å². The van der Waals surface area contributed by atoms with Crippen molar-refractivity contribution in [2.24, 2.45) is 0 Å². The number of fused-ring (bicyclic) bond motifs is 1. The lowest BCUT2D eigenvalue weighted by atomic mass is 10.0. The number of nitrogens with zero attached hydrogens (tertiary/aromatic N) is 2. The summed E-state index contributed by atoms with van der Waals surface area (Å²) in [7, 11) is 1.01. The van der Waals surface area contributed by atoms with E-state index in [9.17, 15) is 32.9 Å². The molecule has 19 heavy (non-hydrogen) atoms. The molecular formula is C10H5F3N2O4. The number of nitro groups is 1. The fourth-order valence-corrected chi connectivity index (χ4v) is 1.84. The molecule has 1 aromatic carbocycles. The summed E-state index contributed by atoms with van der Waals surface area (Å²) in [5.74, 6) is -2.34. The summed E-state index contributed by atoms with van der Waals surface area (Å²) in [5, 5.41) is 10.6. The highest BCUT2D eigenvalue weighted by molar-refractivity contribution is 6.52. The Morgan fingerprint density at radius 1 is 1.26 bits per heavy atom. The molecule has 0 aliphatic carbocycles. The Morgan fingerprint density at radius 2 is 1.84 bits per heavy atom. The zero-order valence-corrected chi connectivity index (χ0v) is 9.32. The molecule has 0 saturated heterocycles. The summed E-state index contributed by atoms with van der Waals surface area (Å²) in [4.78, 5) is 32.9. The van der Waals surface area contributed by atoms with Gasteiger partial charge in [0, 0.05) is 19.2 Å². The van der Waals surface area contributed by atoms with Crippen molar-refractivity contribution < 1.29 is 27.7 Å². The summed E-state index contributed by atoms with van der Waals surface area (Å²) in [5.41, 5.74) is -3.51. The highest BCUT2D eigenvalue weighted by atomic mass is 19.4. The van der Waals surface area contributed by atoms with Crippen LogP contribution in [-0.2, 0) is 11.0 Å². The van der Waals surface area contributed by atoms with E-state index in [1.165, 1.54) is 0 Å². The first-order valence-electron chi connectivity index (χ1n) is 4.86. The van der Waals surface area contributed by atoms with E-state index in [1.807, 2.05) is 0 Å². The molecule has 1 aliphatic heterocycles. The van der Waals surface area contributed by atoms with Crippen LogP contribution in [0.25, 0.3) is 0 Å². The summed E-state index contributed by atoms with van der Waals surface area (Å²) >= 11 is 0. The third-order valence-corrected chi connectivity index (χ3v) is 2.69. The first-order chi connectivity index (χ1) is 8.64. The van der Waals surface area contributed by atoms with Crippen LogP contribution in [0.3, 0.4) is 0 Å². The van der Waals surface area contributed by atoms with Gasteiger partial charge in [-0.1, -0.05) is 0 Å². The topological polar surface area (TPSA) is 80.5 Å². The Hall–Kier alpha value is -2.45. The van der Waals surface area contributed by atoms with Gasteiger partial charge in [-0.05, 0) is 0 Å². The van der Waals surface area contributed by atoms with Crippen LogP contribution in [0.1, 0.15) is 15.9 Å². The number of carbonyl (C=O) groups is 2. The van der Waals surface area contributed by atoms with Gasteiger partial charge in [-0.2, -0.15) is 13.2 Å². The van der Waals surface area contributed by atoms with Gasteiger partial charge < -0.3 is 4.90 Å². The third kappa shape index (κ3) is 1.83. The van der Waals surface area contributed by atoms with E-state index >= 15 is 0 Å². The monoisotopic (exact) mass is 274 g/mol. The van der Waals surface area contributed by atoms with E-state index in [2.05, 4.69) is 0 Å². The molecule has 1 aromatic rings. The Kier molecular flexibility index (Phi) is 2.58. The molecule has 0 saturated carbocycles. The van der Waals surface area contributed by atoms with E-state index in [1.54, 1.807) is 0 Å². The summed E-state index contributed by atoms with van der Waals surface area (Å²) < 4.78 is 38.5. The van der Waals surface area contributed by atoms with Crippen LogP contribution >= 0.6 is 0 Å². The zero-order valence-electron chi connectivity index (χ0n) is 9.32. The van der Waals surface area contributed by atoms with Gasteiger partial charge in [-0.3, -0.25) is 19.7 Å². The largest absolute Gasteiger partial charge is 0.418 e. The average molecular weight is 274 g/mol. The van der Waals surface area contributed by atoms with E-state index in [0.29, 0.717) is 17.0 Å². The predicted octanol–water partition coefficient (Wildman–Crippen LogP) is 1.77. The number of hydrogen-bond donors (Lipinski definition) is 0. The second-order valence-corrected chi connectivity index (χ2v) is 3.84. The van der Waals surface area contributed by atoms with Crippen LogP contribution in [0.4, 0.5) is 24.5 Å². The number of halogens is 3. The number of hydrogen-bond acceptors (Lipinski definition) is 4. The van der Waals surface area contributed by atoms with Crippen molar-refractivity contribution >= 4 is 23.1 Å². The standard InChI is InChI=1S/C10H5F3N2O4/c1-14-7-5(8(16)9(14)17)2-4(15(18)19)3-6(7)10(11,12)13/h2-3H,1H3. The van der Waals surface area contributed by atoms with Gasteiger partial charge in [0.15, 0.2) is 0 Å². The molecule has 1 heterocycles. The van der Waals surface area contributed by atoms with E-state index in [-0.39, 0.29) is 0 Å². The maximum atomic E-state index is 12.8. The quantitative estimate of drug-likeness (QED) is 0.444. The predicted molar refractivity (Wildman–Crippen MR) is 55.8 cm³/mol. The molecule has 0 spiro atoms. The van der Waals surface area contributed by atoms with Crippen molar-refractivity contribution in [3.8, 4) is 0 Å². The fourth-order valence-electron chi connectivity index (χ4n) is 1.84. The molecule has 0 unspecified atom stereocenters. The molecule has 0 radical (unpaired) electrons. The fraction of sp³-hybridized carbons (Fsp3) is 0.200. The zero-order chi connectivity index (χ0) is 14.5.